The Labute approximate surface area is 113 Å². The van der Waals surface area contributed by atoms with Gasteiger partial charge >= 0.3 is 0 Å². The van der Waals surface area contributed by atoms with Gasteiger partial charge in [-0.1, -0.05) is 13.8 Å². The highest BCUT2D eigenvalue weighted by Crippen LogP contribution is 2.31. The van der Waals surface area contributed by atoms with Crippen LogP contribution in [-0.4, -0.2) is 47.9 Å². The Morgan fingerprint density at radius 1 is 1.06 bits per heavy atom. The number of carbonyl (C=O) groups excluding carboxylic acids is 1. The Morgan fingerprint density at radius 3 is 2.17 bits per heavy atom. The Kier molecular flexibility index (Phi) is 6.13. The fraction of sp³-hybridized carbons (Fsp3) is 0.933. The van der Waals surface area contributed by atoms with Crippen LogP contribution >= 0.6 is 0 Å². The Hall–Kier alpha value is -0.570. The summed E-state index contributed by atoms with van der Waals surface area (Å²) in [6.45, 7) is 14.7. The third kappa shape index (κ3) is 3.71. The number of amides is 1. The van der Waals surface area contributed by atoms with Crippen molar-refractivity contribution in [2.45, 2.75) is 53.5 Å². The lowest BCUT2D eigenvalue weighted by atomic mass is 9.80. The molecule has 3 heteroatoms. The fourth-order valence-corrected chi connectivity index (χ4v) is 3.13. The summed E-state index contributed by atoms with van der Waals surface area (Å²) in [5, 5.41) is 0. The van der Waals surface area contributed by atoms with Gasteiger partial charge in [0.05, 0.1) is 0 Å². The molecule has 0 saturated carbocycles. The van der Waals surface area contributed by atoms with E-state index in [0.29, 0.717) is 6.04 Å². The van der Waals surface area contributed by atoms with E-state index in [4.69, 9.17) is 0 Å². The molecule has 1 amide bonds. The van der Waals surface area contributed by atoms with Crippen molar-refractivity contribution < 1.29 is 4.79 Å². The van der Waals surface area contributed by atoms with E-state index >= 15 is 0 Å². The first kappa shape index (κ1) is 15.5. The highest BCUT2D eigenvalue weighted by atomic mass is 16.2. The molecule has 0 bridgehead atoms. The van der Waals surface area contributed by atoms with Gasteiger partial charge in [0.15, 0.2) is 0 Å². The summed E-state index contributed by atoms with van der Waals surface area (Å²) in [6, 6.07) is 0.673. The fourth-order valence-electron chi connectivity index (χ4n) is 3.13. The molecule has 2 atom stereocenters. The lowest BCUT2D eigenvalue weighted by Gasteiger charge is -2.45. The topological polar surface area (TPSA) is 23.6 Å². The van der Waals surface area contributed by atoms with Gasteiger partial charge in [-0.2, -0.15) is 0 Å². The Morgan fingerprint density at radius 2 is 1.61 bits per heavy atom. The summed E-state index contributed by atoms with van der Waals surface area (Å²) in [6.07, 6.45) is 2.47. The van der Waals surface area contributed by atoms with Gasteiger partial charge in [-0.05, 0) is 45.1 Å². The second-order valence-corrected chi connectivity index (χ2v) is 5.65. The molecule has 2 aliphatic rings. The van der Waals surface area contributed by atoms with Gasteiger partial charge in [-0.3, -0.25) is 4.79 Å². The zero-order chi connectivity index (χ0) is 13.7. The minimum atomic E-state index is 0.254. The van der Waals surface area contributed by atoms with Gasteiger partial charge in [0.1, 0.15) is 0 Å². The van der Waals surface area contributed by atoms with Crippen LogP contribution in [-0.2, 0) is 4.79 Å². The van der Waals surface area contributed by atoms with Gasteiger partial charge in [0, 0.05) is 32.6 Å². The predicted molar refractivity (Wildman–Crippen MR) is 76.5 cm³/mol. The zero-order valence-corrected chi connectivity index (χ0v) is 12.8. The van der Waals surface area contributed by atoms with E-state index in [0.717, 1.165) is 24.9 Å². The first-order valence-electron chi connectivity index (χ1n) is 7.57. The van der Waals surface area contributed by atoms with E-state index in [9.17, 15) is 4.79 Å². The van der Waals surface area contributed by atoms with Crippen molar-refractivity contribution in [1.82, 2.24) is 9.80 Å². The third-order valence-electron chi connectivity index (χ3n) is 4.32. The van der Waals surface area contributed by atoms with Gasteiger partial charge in [0.2, 0.25) is 5.91 Å². The maximum absolute atomic E-state index is 11.4. The van der Waals surface area contributed by atoms with Crippen LogP contribution in [0.25, 0.3) is 0 Å². The summed E-state index contributed by atoms with van der Waals surface area (Å²) < 4.78 is 0. The van der Waals surface area contributed by atoms with Crippen LogP contribution in [0.2, 0.25) is 0 Å². The molecule has 0 aromatic rings. The van der Waals surface area contributed by atoms with Crippen LogP contribution in [0.4, 0.5) is 0 Å². The number of nitrogens with zero attached hydrogens (tertiary/aromatic N) is 2. The number of likely N-dealkylation sites (tertiary alicyclic amines) is 2. The van der Waals surface area contributed by atoms with Gasteiger partial charge in [-0.15, -0.1) is 0 Å². The summed E-state index contributed by atoms with van der Waals surface area (Å²) in [5.41, 5.74) is 0. The van der Waals surface area contributed by atoms with Crippen LogP contribution < -0.4 is 0 Å². The molecule has 0 spiro atoms. The minimum absolute atomic E-state index is 0.254. The molecule has 18 heavy (non-hydrogen) atoms. The highest BCUT2D eigenvalue weighted by Gasteiger charge is 2.35. The first-order valence-corrected chi connectivity index (χ1v) is 7.57. The standard InChI is InChI=1S/C13H24N2O.C2H6/c1-10(2)14-6-4-13-9-15(11(3)16)7-5-12(13)8-14;1-2/h10,12-13H,4-9H2,1-3H3;1-2H3. The van der Waals surface area contributed by atoms with Crippen molar-refractivity contribution in [2.75, 3.05) is 26.2 Å². The molecule has 0 N–H and O–H groups in total. The van der Waals surface area contributed by atoms with Gasteiger partial charge in [-0.25, -0.2) is 0 Å². The van der Waals surface area contributed by atoms with Gasteiger partial charge < -0.3 is 9.80 Å². The molecule has 0 radical (unpaired) electrons. The monoisotopic (exact) mass is 254 g/mol. The molecular weight excluding hydrogens is 224 g/mol. The van der Waals surface area contributed by atoms with E-state index in [-0.39, 0.29) is 5.91 Å². The highest BCUT2D eigenvalue weighted by molar-refractivity contribution is 5.73. The number of rotatable bonds is 1. The van der Waals surface area contributed by atoms with Crippen molar-refractivity contribution in [1.29, 1.82) is 0 Å². The average Bonchev–Trinajstić information content (AvgIpc) is 2.39. The number of piperidine rings is 2. The molecular formula is C15H30N2O. The predicted octanol–water partition coefficient (Wildman–Crippen LogP) is 2.61. The number of hydrogen-bond donors (Lipinski definition) is 0. The van der Waals surface area contributed by atoms with Crippen LogP contribution in [0.15, 0.2) is 0 Å². The SMILES string of the molecule is CC.CC(=O)N1CCC2CN(C(C)C)CCC2C1. The molecule has 2 heterocycles. The van der Waals surface area contributed by atoms with Crippen LogP contribution in [0.5, 0.6) is 0 Å². The maximum Gasteiger partial charge on any atom is 0.219 e. The third-order valence-corrected chi connectivity index (χ3v) is 4.32. The Bertz CT molecular complexity index is 265. The number of fused-ring (bicyclic) bond motifs is 1. The number of carbonyl (C=O) groups is 1. The first-order chi connectivity index (χ1) is 8.58. The molecule has 0 aromatic carbocycles. The summed E-state index contributed by atoms with van der Waals surface area (Å²) in [5.74, 6) is 1.84. The summed E-state index contributed by atoms with van der Waals surface area (Å²) in [7, 11) is 0. The van der Waals surface area contributed by atoms with Crippen molar-refractivity contribution in [3.63, 3.8) is 0 Å². The molecule has 0 aromatic heterocycles. The summed E-state index contributed by atoms with van der Waals surface area (Å²) >= 11 is 0. The maximum atomic E-state index is 11.4. The molecule has 0 aliphatic carbocycles. The number of hydrogen-bond acceptors (Lipinski definition) is 2. The molecule has 3 nitrogen and oxygen atoms in total. The largest absolute Gasteiger partial charge is 0.343 e. The summed E-state index contributed by atoms with van der Waals surface area (Å²) in [4.78, 5) is 16.0. The van der Waals surface area contributed by atoms with E-state index in [2.05, 4.69) is 18.7 Å². The second-order valence-electron chi connectivity index (χ2n) is 5.65. The van der Waals surface area contributed by atoms with Crippen LogP contribution in [0.3, 0.4) is 0 Å². The van der Waals surface area contributed by atoms with Crippen LogP contribution in [0, 0.1) is 11.8 Å². The second kappa shape index (κ2) is 7.13. The molecule has 2 fully saturated rings. The lowest BCUT2D eigenvalue weighted by Crippen LogP contribution is -2.51. The van der Waals surface area contributed by atoms with E-state index in [1.165, 1.54) is 25.9 Å². The molecule has 2 saturated heterocycles. The van der Waals surface area contributed by atoms with E-state index in [1.54, 1.807) is 6.92 Å². The van der Waals surface area contributed by atoms with Crippen molar-refractivity contribution in [3.8, 4) is 0 Å². The van der Waals surface area contributed by atoms with Crippen LogP contribution in [0.1, 0.15) is 47.5 Å². The zero-order valence-electron chi connectivity index (χ0n) is 12.8. The molecule has 2 unspecified atom stereocenters. The van der Waals surface area contributed by atoms with E-state index < -0.39 is 0 Å². The Balaban J connectivity index is 0.000000771. The van der Waals surface area contributed by atoms with Gasteiger partial charge in [0.25, 0.3) is 0 Å². The smallest absolute Gasteiger partial charge is 0.219 e. The van der Waals surface area contributed by atoms with E-state index in [1.807, 2.05) is 18.7 Å². The average molecular weight is 254 g/mol. The molecule has 106 valence electrons. The van der Waals surface area contributed by atoms with Crippen molar-refractivity contribution in [3.05, 3.63) is 0 Å². The molecule has 2 aliphatic heterocycles. The normalized spacial score (nSPS) is 28.4. The van der Waals surface area contributed by atoms with Crippen molar-refractivity contribution >= 4 is 5.91 Å². The van der Waals surface area contributed by atoms with Crippen molar-refractivity contribution in [2.24, 2.45) is 11.8 Å². The quantitative estimate of drug-likeness (QED) is 0.718. The molecule has 2 rings (SSSR count). The minimum Gasteiger partial charge on any atom is -0.343 e. The lowest BCUT2D eigenvalue weighted by molar-refractivity contribution is -0.132.